The number of benzene rings is 3. The van der Waals surface area contributed by atoms with Crippen LogP contribution in [0.5, 0.6) is 17.2 Å². The molecule has 0 saturated heterocycles. The number of hydrogen-bond donors (Lipinski definition) is 1. The molecule has 0 aliphatic carbocycles. The highest BCUT2D eigenvalue weighted by molar-refractivity contribution is 5.77. The third kappa shape index (κ3) is 6.78. The molecule has 31 heavy (non-hydrogen) atoms. The maximum absolute atomic E-state index is 12.1. The summed E-state index contributed by atoms with van der Waals surface area (Å²) in [4.78, 5) is 12.1. The van der Waals surface area contributed by atoms with Gasteiger partial charge in [0, 0.05) is 6.54 Å². The second kappa shape index (κ2) is 11.6. The van der Waals surface area contributed by atoms with Crippen LogP contribution in [0.2, 0.25) is 0 Å². The average molecular weight is 420 g/mol. The van der Waals surface area contributed by atoms with E-state index in [1.54, 1.807) is 0 Å². The molecule has 1 N–H and O–H groups in total. The van der Waals surface area contributed by atoms with Crippen LogP contribution in [0.15, 0.2) is 72.8 Å². The van der Waals surface area contributed by atoms with Gasteiger partial charge in [-0.15, -0.1) is 0 Å². The lowest BCUT2D eigenvalue weighted by Crippen LogP contribution is -2.30. The van der Waals surface area contributed by atoms with E-state index in [-0.39, 0.29) is 12.5 Å². The zero-order chi connectivity index (χ0) is 21.9. The van der Waals surface area contributed by atoms with Crippen LogP contribution >= 0.6 is 0 Å². The van der Waals surface area contributed by atoms with Crippen LogP contribution in [-0.2, 0) is 11.2 Å². The monoisotopic (exact) mass is 419 g/mol. The maximum atomic E-state index is 12.1. The Morgan fingerprint density at radius 2 is 1.45 bits per heavy atom. The van der Waals surface area contributed by atoms with Crippen LogP contribution < -0.4 is 19.5 Å². The van der Waals surface area contributed by atoms with Gasteiger partial charge >= 0.3 is 0 Å². The van der Waals surface area contributed by atoms with Gasteiger partial charge in [0.25, 0.3) is 5.91 Å². The SMILES string of the molecule is CCOc1ccc(CCNC(=O)COc2ccc(-c3ccccc3)cc2)cc1OCC. The third-order valence-corrected chi connectivity index (χ3v) is 4.68. The molecular weight excluding hydrogens is 390 g/mol. The molecule has 5 nitrogen and oxygen atoms in total. The molecule has 0 fully saturated rings. The van der Waals surface area contributed by atoms with Crippen LogP contribution in [0, 0.1) is 0 Å². The molecule has 0 bridgehead atoms. The number of amides is 1. The number of carbonyl (C=O) groups excluding carboxylic acids is 1. The summed E-state index contributed by atoms with van der Waals surface area (Å²) in [6, 6.07) is 23.7. The van der Waals surface area contributed by atoms with Crippen molar-refractivity contribution in [1.29, 1.82) is 0 Å². The summed E-state index contributed by atoms with van der Waals surface area (Å²) in [5.41, 5.74) is 3.33. The maximum Gasteiger partial charge on any atom is 0.257 e. The summed E-state index contributed by atoms with van der Waals surface area (Å²) < 4.78 is 16.8. The molecule has 0 unspecified atom stereocenters. The summed E-state index contributed by atoms with van der Waals surface area (Å²) in [6.45, 7) is 5.55. The first-order valence-corrected chi connectivity index (χ1v) is 10.6. The van der Waals surface area contributed by atoms with Crippen molar-refractivity contribution in [3.63, 3.8) is 0 Å². The lowest BCUT2D eigenvalue weighted by Gasteiger charge is -2.13. The molecule has 0 heterocycles. The molecule has 0 spiro atoms. The van der Waals surface area contributed by atoms with Crippen LogP contribution in [0.25, 0.3) is 11.1 Å². The van der Waals surface area contributed by atoms with E-state index in [1.165, 1.54) is 0 Å². The fraction of sp³-hybridized carbons (Fsp3) is 0.269. The van der Waals surface area contributed by atoms with Crippen LogP contribution in [0.4, 0.5) is 0 Å². The highest BCUT2D eigenvalue weighted by Gasteiger charge is 2.07. The molecular formula is C26H29NO4. The topological polar surface area (TPSA) is 56.8 Å². The minimum absolute atomic E-state index is 0.0157. The molecule has 0 radical (unpaired) electrons. The van der Waals surface area contributed by atoms with E-state index in [1.807, 2.05) is 74.5 Å². The Morgan fingerprint density at radius 1 is 0.774 bits per heavy atom. The van der Waals surface area contributed by atoms with Crippen molar-refractivity contribution < 1.29 is 19.0 Å². The zero-order valence-corrected chi connectivity index (χ0v) is 18.1. The molecule has 5 heteroatoms. The molecule has 0 aliphatic heterocycles. The van der Waals surface area contributed by atoms with E-state index >= 15 is 0 Å². The van der Waals surface area contributed by atoms with Crippen molar-refractivity contribution in [2.24, 2.45) is 0 Å². The molecule has 3 aromatic rings. The zero-order valence-electron chi connectivity index (χ0n) is 18.1. The van der Waals surface area contributed by atoms with Gasteiger partial charge in [0.05, 0.1) is 13.2 Å². The highest BCUT2D eigenvalue weighted by atomic mass is 16.5. The second-order valence-corrected chi connectivity index (χ2v) is 6.93. The van der Waals surface area contributed by atoms with E-state index in [2.05, 4.69) is 17.4 Å². The number of rotatable bonds is 11. The second-order valence-electron chi connectivity index (χ2n) is 6.93. The predicted molar refractivity (Wildman–Crippen MR) is 123 cm³/mol. The van der Waals surface area contributed by atoms with E-state index in [4.69, 9.17) is 14.2 Å². The predicted octanol–water partition coefficient (Wildman–Crippen LogP) is 4.89. The van der Waals surface area contributed by atoms with Gasteiger partial charge in [-0.1, -0.05) is 48.5 Å². The lowest BCUT2D eigenvalue weighted by atomic mass is 10.1. The van der Waals surface area contributed by atoms with Gasteiger partial charge in [-0.2, -0.15) is 0 Å². The first-order chi connectivity index (χ1) is 15.2. The van der Waals surface area contributed by atoms with Crippen molar-refractivity contribution in [2.75, 3.05) is 26.4 Å². The molecule has 0 aliphatic rings. The summed E-state index contributed by atoms with van der Waals surface area (Å²) in [5.74, 6) is 1.99. The summed E-state index contributed by atoms with van der Waals surface area (Å²) in [7, 11) is 0. The summed E-state index contributed by atoms with van der Waals surface area (Å²) in [6.07, 6.45) is 0.698. The van der Waals surface area contributed by atoms with Crippen LogP contribution in [-0.4, -0.2) is 32.3 Å². The van der Waals surface area contributed by atoms with Crippen molar-refractivity contribution in [2.45, 2.75) is 20.3 Å². The fourth-order valence-corrected chi connectivity index (χ4v) is 3.17. The summed E-state index contributed by atoms with van der Waals surface area (Å²) in [5, 5.41) is 2.89. The highest BCUT2D eigenvalue weighted by Crippen LogP contribution is 2.28. The fourth-order valence-electron chi connectivity index (χ4n) is 3.17. The molecule has 162 valence electrons. The Balaban J connectivity index is 1.44. The van der Waals surface area contributed by atoms with Gasteiger partial charge in [-0.3, -0.25) is 4.79 Å². The smallest absolute Gasteiger partial charge is 0.257 e. The molecule has 0 atom stereocenters. The van der Waals surface area contributed by atoms with Crippen molar-refractivity contribution >= 4 is 5.91 Å². The first kappa shape index (κ1) is 22.2. The van der Waals surface area contributed by atoms with Crippen LogP contribution in [0.3, 0.4) is 0 Å². The van der Waals surface area contributed by atoms with Crippen molar-refractivity contribution in [3.05, 3.63) is 78.4 Å². The number of hydrogen-bond acceptors (Lipinski definition) is 4. The summed E-state index contributed by atoms with van der Waals surface area (Å²) >= 11 is 0. The average Bonchev–Trinajstić information content (AvgIpc) is 2.80. The van der Waals surface area contributed by atoms with Crippen LogP contribution in [0.1, 0.15) is 19.4 Å². The Kier molecular flexibility index (Phi) is 8.35. The van der Waals surface area contributed by atoms with E-state index < -0.39 is 0 Å². The third-order valence-electron chi connectivity index (χ3n) is 4.68. The van der Waals surface area contributed by atoms with Gasteiger partial charge in [-0.05, 0) is 61.2 Å². The van der Waals surface area contributed by atoms with Gasteiger partial charge < -0.3 is 19.5 Å². The molecule has 0 aromatic heterocycles. The van der Waals surface area contributed by atoms with Gasteiger partial charge in [0.2, 0.25) is 0 Å². The minimum atomic E-state index is -0.150. The normalized spacial score (nSPS) is 10.4. The molecule has 3 rings (SSSR count). The Labute approximate surface area is 184 Å². The van der Waals surface area contributed by atoms with Gasteiger partial charge in [0.15, 0.2) is 18.1 Å². The molecule has 1 amide bonds. The largest absolute Gasteiger partial charge is 0.490 e. The van der Waals surface area contributed by atoms with Gasteiger partial charge in [-0.25, -0.2) is 0 Å². The number of nitrogens with one attached hydrogen (secondary N) is 1. The molecule has 0 saturated carbocycles. The Bertz CT molecular complexity index is 955. The Hall–Kier alpha value is -3.47. The first-order valence-electron chi connectivity index (χ1n) is 10.6. The minimum Gasteiger partial charge on any atom is -0.490 e. The van der Waals surface area contributed by atoms with Crippen molar-refractivity contribution in [3.8, 4) is 28.4 Å². The Morgan fingerprint density at radius 3 is 2.16 bits per heavy atom. The number of ether oxygens (including phenoxy) is 3. The quantitative estimate of drug-likeness (QED) is 0.481. The van der Waals surface area contributed by atoms with Crippen molar-refractivity contribution in [1.82, 2.24) is 5.32 Å². The molecule has 3 aromatic carbocycles. The number of carbonyl (C=O) groups is 1. The van der Waals surface area contributed by atoms with Gasteiger partial charge in [0.1, 0.15) is 5.75 Å². The van der Waals surface area contributed by atoms with E-state index in [0.29, 0.717) is 31.9 Å². The van der Waals surface area contributed by atoms with E-state index in [9.17, 15) is 4.79 Å². The van der Waals surface area contributed by atoms with E-state index in [0.717, 1.165) is 28.2 Å². The lowest BCUT2D eigenvalue weighted by molar-refractivity contribution is -0.123. The standard InChI is InChI=1S/C26H29NO4/c1-3-29-24-15-10-20(18-25(24)30-4-2)16-17-27-26(28)19-31-23-13-11-22(12-14-23)21-8-6-5-7-9-21/h5-15,18H,3-4,16-17,19H2,1-2H3,(H,27,28).